The number of hydrogen-bond acceptors (Lipinski definition) is 7. The number of pyridine rings is 1. The fourth-order valence-corrected chi connectivity index (χ4v) is 6.94. The molecule has 0 amide bonds. The van der Waals surface area contributed by atoms with Gasteiger partial charge >= 0.3 is 0 Å². The Morgan fingerprint density at radius 3 is 2.49 bits per heavy atom. The maximum atomic E-state index is 14.1. The summed E-state index contributed by atoms with van der Waals surface area (Å²) in [4.78, 5) is 28.4. The highest BCUT2D eigenvalue weighted by Gasteiger charge is 2.20. The lowest BCUT2D eigenvalue weighted by Gasteiger charge is -2.30. The summed E-state index contributed by atoms with van der Waals surface area (Å²) >= 11 is 0. The van der Waals surface area contributed by atoms with Crippen LogP contribution in [0.25, 0.3) is 11.0 Å². The van der Waals surface area contributed by atoms with Gasteiger partial charge in [0.2, 0.25) is 5.95 Å². The fourth-order valence-electron chi connectivity index (χ4n) is 6.94. The summed E-state index contributed by atoms with van der Waals surface area (Å²) in [6.07, 6.45) is 8.83. The van der Waals surface area contributed by atoms with Crippen LogP contribution in [0.3, 0.4) is 0 Å². The molecule has 2 aromatic carbocycles. The zero-order valence-electron chi connectivity index (χ0n) is 26.2. The Balaban J connectivity index is 1.22. The number of para-hydroxylation sites is 1. The van der Waals surface area contributed by atoms with Gasteiger partial charge in [-0.05, 0) is 87.1 Å². The molecular weight excluding hydrogens is 560 g/mol. The third kappa shape index (κ3) is 6.75. The zero-order chi connectivity index (χ0) is 30.6. The van der Waals surface area contributed by atoms with Crippen LogP contribution in [0.5, 0.6) is 0 Å². The maximum absolute atomic E-state index is 14.1. The van der Waals surface area contributed by atoms with Gasteiger partial charge in [0.05, 0.1) is 25.3 Å². The Bertz CT molecular complexity index is 1750. The van der Waals surface area contributed by atoms with Crippen molar-refractivity contribution in [3.8, 4) is 11.8 Å². The molecule has 3 aliphatic rings. The van der Waals surface area contributed by atoms with Gasteiger partial charge in [-0.2, -0.15) is 4.98 Å². The summed E-state index contributed by atoms with van der Waals surface area (Å²) in [5.74, 6) is 8.08. The molecular formula is C37H42N6O2. The summed E-state index contributed by atoms with van der Waals surface area (Å²) in [6.45, 7) is 5.72. The van der Waals surface area contributed by atoms with Crippen LogP contribution in [0.4, 0.5) is 17.3 Å². The molecule has 0 unspecified atom stereocenters. The standard InChI is InChI=1S/C37H42N6O2/c1-41-18-16-29(17-19-41)28-12-14-33(15-13-28)39-37-38-25-32-24-30(11-10-27-6-2-3-7-27)36(44)43(35(32)40-37)26-31-8-4-5-9-34(31)42-20-22-45-23-21-42/h4-5,8-9,12-15,24-25,27,29H,2-3,6-7,16-23,26H2,1H3,(H,38,39,40). The van der Waals surface area contributed by atoms with E-state index in [4.69, 9.17) is 9.72 Å². The number of fused-ring (bicyclic) bond motifs is 1. The maximum Gasteiger partial charge on any atom is 0.268 e. The smallest absolute Gasteiger partial charge is 0.268 e. The van der Waals surface area contributed by atoms with E-state index in [0.29, 0.717) is 48.8 Å². The van der Waals surface area contributed by atoms with Crippen molar-refractivity contribution in [1.29, 1.82) is 0 Å². The number of rotatable bonds is 6. The Labute approximate surface area is 265 Å². The fraction of sp³-hybridized carbons (Fsp3) is 0.432. The molecule has 2 saturated heterocycles. The van der Waals surface area contributed by atoms with Crippen LogP contribution in [0.15, 0.2) is 65.6 Å². The van der Waals surface area contributed by atoms with E-state index in [1.807, 2.05) is 18.3 Å². The van der Waals surface area contributed by atoms with Crippen LogP contribution >= 0.6 is 0 Å². The number of nitrogens with zero attached hydrogens (tertiary/aromatic N) is 5. The second kappa shape index (κ2) is 13.4. The predicted octanol–water partition coefficient (Wildman–Crippen LogP) is 5.77. The first-order chi connectivity index (χ1) is 22.1. The molecule has 2 aliphatic heterocycles. The average molecular weight is 603 g/mol. The number of likely N-dealkylation sites (tertiary alicyclic amines) is 1. The minimum absolute atomic E-state index is 0.114. The van der Waals surface area contributed by atoms with Crippen molar-refractivity contribution < 1.29 is 4.74 Å². The van der Waals surface area contributed by atoms with E-state index >= 15 is 0 Å². The number of anilines is 3. The summed E-state index contributed by atoms with van der Waals surface area (Å²) in [6, 6.07) is 18.8. The minimum Gasteiger partial charge on any atom is -0.378 e. The molecule has 232 valence electrons. The van der Waals surface area contributed by atoms with E-state index in [2.05, 4.69) is 81.5 Å². The summed E-state index contributed by atoms with van der Waals surface area (Å²) in [7, 11) is 2.19. The van der Waals surface area contributed by atoms with Gasteiger partial charge in [0.25, 0.3) is 5.56 Å². The van der Waals surface area contributed by atoms with E-state index in [1.54, 1.807) is 4.57 Å². The molecule has 3 fully saturated rings. The number of morpholine rings is 1. The molecule has 4 heterocycles. The molecule has 2 aromatic heterocycles. The van der Waals surface area contributed by atoms with Crippen LogP contribution in [0.1, 0.15) is 61.1 Å². The SMILES string of the molecule is CN1CCC(c2ccc(Nc3ncc4cc(C#CC5CCCC5)c(=O)n(Cc5ccccc5N5CCOCC5)c4n3)cc2)CC1. The largest absolute Gasteiger partial charge is 0.378 e. The van der Waals surface area contributed by atoms with Gasteiger partial charge in [-0.25, -0.2) is 4.98 Å². The monoisotopic (exact) mass is 602 g/mol. The third-order valence-corrected chi connectivity index (χ3v) is 9.62. The Kier molecular flexibility index (Phi) is 8.81. The Morgan fingerprint density at radius 2 is 1.71 bits per heavy atom. The first-order valence-corrected chi connectivity index (χ1v) is 16.5. The topological polar surface area (TPSA) is 75.5 Å². The molecule has 1 saturated carbocycles. The van der Waals surface area contributed by atoms with Crippen LogP contribution in [-0.2, 0) is 11.3 Å². The molecule has 0 spiro atoms. The zero-order valence-corrected chi connectivity index (χ0v) is 26.2. The van der Waals surface area contributed by atoms with Crippen molar-refractivity contribution in [1.82, 2.24) is 19.4 Å². The first kappa shape index (κ1) is 29.5. The molecule has 0 atom stereocenters. The molecule has 1 aliphatic carbocycles. The number of nitrogens with one attached hydrogen (secondary N) is 1. The third-order valence-electron chi connectivity index (χ3n) is 9.62. The van der Waals surface area contributed by atoms with Crippen LogP contribution in [0, 0.1) is 17.8 Å². The van der Waals surface area contributed by atoms with Crippen LogP contribution in [-0.4, -0.2) is 65.9 Å². The lowest BCUT2D eigenvalue weighted by atomic mass is 9.89. The van der Waals surface area contributed by atoms with Gasteiger partial charge < -0.3 is 19.9 Å². The van der Waals surface area contributed by atoms with E-state index in [0.717, 1.165) is 61.3 Å². The van der Waals surface area contributed by atoms with Gasteiger partial charge in [-0.15, -0.1) is 0 Å². The van der Waals surface area contributed by atoms with E-state index < -0.39 is 0 Å². The van der Waals surface area contributed by atoms with E-state index in [9.17, 15) is 4.79 Å². The van der Waals surface area contributed by atoms with Gasteiger partial charge in [0, 0.05) is 42.0 Å². The van der Waals surface area contributed by atoms with Crippen molar-refractivity contribution in [2.24, 2.45) is 5.92 Å². The summed E-state index contributed by atoms with van der Waals surface area (Å²) in [5, 5.41) is 4.19. The highest BCUT2D eigenvalue weighted by Crippen LogP contribution is 2.29. The molecule has 8 heteroatoms. The molecule has 4 aromatic rings. The van der Waals surface area contributed by atoms with Crippen molar-refractivity contribution in [3.05, 3.63) is 87.8 Å². The molecule has 45 heavy (non-hydrogen) atoms. The lowest BCUT2D eigenvalue weighted by molar-refractivity contribution is 0.122. The molecule has 8 nitrogen and oxygen atoms in total. The summed E-state index contributed by atoms with van der Waals surface area (Å²) < 4.78 is 7.39. The highest BCUT2D eigenvalue weighted by molar-refractivity contribution is 5.78. The summed E-state index contributed by atoms with van der Waals surface area (Å²) in [5.41, 5.74) is 5.50. The highest BCUT2D eigenvalue weighted by atomic mass is 16.5. The van der Waals surface area contributed by atoms with Gasteiger partial charge in [-0.1, -0.05) is 55.0 Å². The normalized spacial score (nSPS) is 18.2. The minimum atomic E-state index is -0.114. The Hall–Kier alpha value is -4.19. The molecule has 7 rings (SSSR count). The quantitative estimate of drug-likeness (QED) is 0.281. The number of hydrogen-bond donors (Lipinski definition) is 1. The van der Waals surface area contributed by atoms with Crippen molar-refractivity contribution in [2.45, 2.75) is 51.0 Å². The average Bonchev–Trinajstić information content (AvgIpc) is 3.61. The van der Waals surface area contributed by atoms with Crippen molar-refractivity contribution >= 4 is 28.4 Å². The second-order valence-electron chi connectivity index (χ2n) is 12.7. The number of aromatic nitrogens is 3. The molecule has 1 N–H and O–H groups in total. The number of benzene rings is 2. The van der Waals surface area contributed by atoms with Crippen molar-refractivity contribution in [3.63, 3.8) is 0 Å². The van der Waals surface area contributed by atoms with Crippen molar-refractivity contribution in [2.75, 3.05) is 56.7 Å². The van der Waals surface area contributed by atoms with Gasteiger partial charge in [-0.3, -0.25) is 9.36 Å². The second-order valence-corrected chi connectivity index (χ2v) is 12.7. The molecule has 0 radical (unpaired) electrons. The predicted molar refractivity (Wildman–Crippen MR) is 180 cm³/mol. The van der Waals surface area contributed by atoms with Crippen LogP contribution in [0.2, 0.25) is 0 Å². The number of ether oxygens (including phenoxy) is 1. The van der Waals surface area contributed by atoms with E-state index in [-0.39, 0.29) is 5.56 Å². The van der Waals surface area contributed by atoms with Gasteiger partial charge in [0.15, 0.2) is 0 Å². The number of piperidine rings is 1. The first-order valence-electron chi connectivity index (χ1n) is 16.5. The van der Waals surface area contributed by atoms with E-state index in [1.165, 1.54) is 31.2 Å². The van der Waals surface area contributed by atoms with Crippen LogP contribution < -0.4 is 15.8 Å². The lowest BCUT2D eigenvalue weighted by Crippen LogP contribution is -2.37. The Morgan fingerprint density at radius 1 is 0.956 bits per heavy atom. The molecule has 0 bridgehead atoms. The van der Waals surface area contributed by atoms with Gasteiger partial charge in [0.1, 0.15) is 5.65 Å².